The summed E-state index contributed by atoms with van der Waals surface area (Å²) in [5.74, 6) is -1.47. The molecule has 3 unspecified atom stereocenters. The third kappa shape index (κ3) is 31.2. The van der Waals surface area contributed by atoms with Crippen LogP contribution in [0, 0.1) is 0 Å². The van der Waals surface area contributed by atoms with Crippen molar-refractivity contribution < 1.29 is 28.0 Å². The van der Waals surface area contributed by atoms with Gasteiger partial charge in [-0.1, -0.05) is 167 Å². The highest BCUT2D eigenvalue weighted by Gasteiger charge is 2.28. The zero-order chi connectivity index (χ0) is 33.4. The topological polar surface area (TPSA) is 124 Å². The van der Waals surface area contributed by atoms with Gasteiger partial charge in [-0.2, -0.15) is 8.42 Å². The SMILES string of the molecule is CCCCC/C=C\C=C/CCCCCCCC(O)C(=O)NC(CS(=O)(=O)O)C(O)CCCCCCCCCCCCCCCC. The van der Waals surface area contributed by atoms with E-state index >= 15 is 0 Å². The number of aliphatic hydroxyl groups excluding tert-OH is 2. The number of nitrogens with one attached hydrogen (secondary N) is 1. The molecule has 0 aromatic carbocycles. The van der Waals surface area contributed by atoms with Crippen LogP contribution in [-0.2, 0) is 14.9 Å². The predicted molar refractivity (Wildman–Crippen MR) is 190 cm³/mol. The van der Waals surface area contributed by atoms with Gasteiger partial charge in [0.1, 0.15) is 6.10 Å². The maximum Gasteiger partial charge on any atom is 0.266 e. The summed E-state index contributed by atoms with van der Waals surface area (Å²) in [5, 5.41) is 23.4. The first-order valence-corrected chi connectivity index (χ1v) is 20.3. The molecule has 0 aromatic rings. The number of allylic oxidation sites excluding steroid dienone is 4. The number of amides is 1. The van der Waals surface area contributed by atoms with Crippen molar-refractivity contribution in [1.82, 2.24) is 5.32 Å². The quantitative estimate of drug-likeness (QED) is 0.0317. The summed E-state index contributed by atoms with van der Waals surface area (Å²) < 4.78 is 32.4. The summed E-state index contributed by atoms with van der Waals surface area (Å²) in [6.07, 6.45) is 34.7. The van der Waals surface area contributed by atoms with Crippen LogP contribution in [-0.4, -0.2) is 53.1 Å². The lowest BCUT2D eigenvalue weighted by atomic mass is 10.0. The van der Waals surface area contributed by atoms with E-state index in [4.69, 9.17) is 0 Å². The average Bonchev–Trinajstić information content (AvgIpc) is 3.00. The van der Waals surface area contributed by atoms with Gasteiger partial charge in [0.2, 0.25) is 5.91 Å². The summed E-state index contributed by atoms with van der Waals surface area (Å²) >= 11 is 0. The van der Waals surface area contributed by atoms with Crippen molar-refractivity contribution in [1.29, 1.82) is 0 Å². The van der Waals surface area contributed by atoms with Crippen LogP contribution in [0.5, 0.6) is 0 Å². The molecule has 266 valence electrons. The van der Waals surface area contributed by atoms with Gasteiger partial charge in [-0.15, -0.1) is 0 Å². The molecule has 1 amide bonds. The van der Waals surface area contributed by atoms with Crippen LogP contribution in [0.2, 0.25) is 0 Å². The first-order valence-electron chi connectivity index (χ1n) is 18.6. The van der Waals surface area contributed by atoms with Gasteiger partial charge in [0.05, 0.1) is 17.9 Å². The molecule has 0 aliphatic carbocycles. The van der Waals surface area contributed by atoms with Crippen molar-refractivity contribution >= 4 is 16.0 Å². The van der Waals surface area contributed by atoms with Crippen LogP contribution < -0.4 is 5.32 Å². The maximum absolute atomic E-state index is 12.5. The molecule has 3 atom stereocenters. The smallest absolute Gasteiger partial charge is 0.266 e. The molecule has 0 bridgehead atoms. The molecular formula is C37H71NO6S. The fraction of sp³-hybridized carbons (Fsp3) is 0.865. The lowest BCUT2D eigenvalue weighted by Crippen LogP contribution is -2.50. The highest BCUT2D eigenvalue weighted by atomic mass is 32.2. The third-order valence-corrected chi connectivity index (χ3v) is 9.32. The van der Waals surface area contributed by atoms with E-state index in [1.807, 2.05) is 0 Å². The molecule has 0 saturated heterocycles. The van der Waals surface area contributed by atoms with E-state index in [1.54, 1.807) is 0 Å². The van der Waals surface area contributed by atoms with Crippen LogP contribution in [0.1, 0.15) is 181 Å². The summed E-state index contributed by atoms with van der Waals surface area (Å²) in [5.41, 5.74) is 0. The zero-order valence-corrected chi connectivity index (χ0v) is 29.9. The Morgan fingerprint density at radius 3 is 1.44 bits per heavy atom. The second-order valence-corrected chi connectivity index (χ2v) is 14.5. The molecule has 0 aromatic heterocycles. The fourth-order valence-corrected chi connectivity index (χ4v) is 6.39. The van der Waals surface area contributed by atoms with E-state index in [2.05, 4.69) is 43.5 Å². The van der Waals surface area contributed by atoms with Crippen LogP contribution in [0.4, 0.5) is 0 Å². The zero-order valence-electron chi connectivity index (χ0n) is 29.1. The van der Waals surface area contributed by atoms with Gasteiger partial charge in [0, 0.05) is 0 Å². The molecule has 4 N–H and O–H groups in total. The van der Waals surface area contributed by atoms with Crippen molar-refractivity contribution in [3.63, 3.8) is 0 Å². The molecular weight excluding hydrogens is 586 g/mol. The van der Waals surface area contributed by atoms with Gasteiger partial charge in [-0.05, 0) is 38.5 Å². The number of rotatable bonds is 33. The van der Waals surface area contributed by atoms with Crippen LogP contribution >= 0.6 is 0 Å². The van der Waals surface area contributed by atoms with Crippen LogP contribution in [0.15, 0.2) is 24.3 Å². The molecule has 8 heteroatoms. The molecule has 0 rings (SSSR count). The number of carbonyl (C=O) groups is 1. The molecule has 0 aliphatic heterocycles. The Kier molecular flexibility index (Phi) is 30.5. The highest BCUT2D eigenvalue weighted by Crippen LogP contribution is 2.15. The van der Waals surface area contributed by atoms with E-state index < -0.39 is 40.0 Å². The van der Waals surface area contributed by atoms with Gasteiger partial charge >= 0.3 is 0 Å². The van der Waals surface area contributed by atoms with E-state index in [-0.39, 0.29) is 6.42 Å². The minimum atomic E-state index is -4.41. The Labute approximate surface area is 277 Å². The largest absolute Gasteiger partial charge is 0.391 e. The van der Waals surface area contributed by atoms with Crippen molar-refractivity contribution in [2.45, 2.75) is 199 Å². The maximum atomic E-state index is 12.5. The van der Waals surface area contributed by atoms with E-state index in [9.17, 15) is 28.0 Å². The number of unbranched alkanes of at least 4 members (excludes halogenated alkanes) is 21. The van der Waals surface area contributed by atoms with Gasteiger partial charge in [0.15, 0.2) is 0 Å². The normalized spacial score (nSPS) is 14.3. The molecule has 7 nitrogen and oxygen atoms in total. The van der Waals surface area contributed by atoms with Crippen LogP contribution in [0.25, 0.3) is 0 Å². The molecule has 0 aliphatic rings. The summed E-state index contributed by atoms with van der Waals surface area (Å²) in [7, 11) is -4.41. The second kappa shape index (κ2) is 31.4. The van der Waals surface area contributed by atoms with Crippen molar-refractivity contribution in [2.75, 3.05) is 5.75 Å². The van der Waals surface area contributed by atoms with E-state index in [0.29, 0.717) is 19.3 Å². The van der Waals surface area contributed by atoms with Gasteiger partial charge < -0.3 is 15.5 Å². The number of carbonyl (C=O) groups excluding carboxylic acids is 1. The Morgan fingerprint density at radius 1 is 0.600 bits per heavy atom. The molecule has 0 saturated carbocycles. The van der Waals surface area contributed by atoms with Crippen molar-refractivity contribution in [2.24, 2.45) is 0 Å². The summed E-state index contributed by atoms with van der Waals surface area (Å²) in [6, 6.07) is -1.15. The predicted octanol–water partition coefficient (Wildman–Crippen LogP) is 9.38. The van der Waals surface area contributed by atoms with Crippen molar-refractivity contribution in [3.05, 3.63) is 24.3 Å². The summed E-state index contributed by atoms with van der Waals surface area (Å²) in [6.45, 7) is 4.46. The van der Waals surface area contributed by atoms with Crippen molar-refractivity contribution in [3.8, 4) is 0 Å². The number of hydrogen-bond donors (Lipinski definition) is 4. The summed E-state index contributed by atoms with van der Waals surface area (Å²) in [4.78, 5) is 12.5. The number of hydrogen-bond acceptors (Lipinski definition) is 5. The van der Waals surface area contributed by atoms with Gasteiger partial charge in [-0.25, -0.2) is 0 Å². The monoisotopic (exact) mass is 658 g/mol. The average molecular weight is 658 g/mol. The highest BCUT2D eigenvalue weighted by molar-refractivity contribution is 7.85. The Balaban J connectivity index is 4.08. The second-order valence-electron chi connectivity index (χ2n) is 13.0. The number of aliphatic hydroxyl groups is 2. The van der Waals surface area contributed by atoms with E-state index in [1.165, 1.54) is 83.5 Å². The molecule has 0 heterocycles. The molecule has 0 radical (unpaired) electrons. The Hall–Kier alpha value is -1.22. The van der Waals surface area contributed by atoms with Crippen LogP contribution in [0.3, 0.4) is 0 Å². The minimum Gasteiger partial charge on any atom is -0.391 e. The lowest BCUT2D eigenvalue weighted by molar-refractivity contribution is -0.131. The first kappa shape index (κ1) is 43.8. The van der Waals surface area contributed by atoms with Gasteiger partial charge in [0.25, 0.3) is 10.1 Å². The molecule has 0 fully saturated rings. The lowest BCUT2D eigenvalue weighted by Gasteiger charge is -2.24. The van der Waals surface area contributed by atoms with E-state index in [0.717, 1.165) is 57.8 Å². The fourth-order valence-electron chi connectivity index (χ4n) is 5.63. The Morgan fingerprint density at radius 2 is 0.978 bits per heavy atom. The third-order valence-electron chi connectivity index (χ3n) is 8.54. The first-order chi connectivity index (χ1) is 21.7. The molecule has 45 heavy (non-hydrogen) atoms. The molecule has 0 spiro atoms. The van der Waals surface area contributed by atoms with Gasteiger partial charge in [-0.3, -0.25) is 9.35 Å². The minimum absolute atomic E-state index is 0.280. The standard InChI is InChI=1S/C37H71NO6S/c1-3-5-7-9-11-13-15-17-19-21-23-25-27-29-31-35(39)34(33-45(42,43)44)38-37(41)36(40)32-30-28-26-24-22-20-18-16-14-12-10-8-6-4-2/h12,14,16,18,34-36,39-40H,3-11,13,15,17,19-33H2,1-2H3,(H,38,41)(H,42,43,44)/b14-12-,18-16-. The Bertz CT molecular complexity index is 829.